The Bertz CT molecular complexity index is 537. The van der Waals surface area contributed by atoms with Crippen LogP contribution in [0, 0.1) is 23.7 Å². The first-order valence-electron chi connectivity index (χ1n) is 8.05. The summed E-state index contributed by atoms with van der Waals surface area (Å²) in [6.45, 7) is 4.45. The van der Waals surface area contributed by atoms with Crippen LogP contribution in [-0.4, -0.2) is 17.7 Å². The van der Waals surface area contributed by atoms with E-state index in [0.29, 0.717) is 0 Å². The Morgan fingerprint density at radius 3 is 2.90 bits per heavy atom. The van der Waals surface area contributed by atoms with Gasteiger partial charge in [-0.1, -0.05) is 32.4 Å². The van der Waals surface area contributed by atoms with Gasteiger partial charge in [-0.15, -0.1) is 0 Å². The van der Waals surface area contributed by atoms with Gasteiger partial charge in [-0.25, -0.2) is 4.79 Å². The number of carbonyl (C=O) groups is 1. The van der Waals surface area contributed by atoms with Crippen molar-refractivity contribution in [3.8, 4) is 5.75 Å². The third-order valence-electron chi connectivity index (χ3n) is 5.54. The average molecular weight is 288 g/mol. The van der Waals surface area contributed by atoms with Gasteiger partial charge in [0.2, 0.25) is 0 Å². The van der Waals surface area contributed by atoms with Crippen molar-refractivity contribution in [3.63, 3.8) is 0 Å². The summed E-state index contributed by atoms with van der Waals surface area (Å²) in [5.41, 5.74) is 2.62. The number of hydrogen-bond donors (Lipinski definition) is 1. The van der Waals surface area contributed by atoms with Crippen molar-refractivity contribution in [3.05, 3.63) is 29.3 Å². The van der Waals surface area contributed by atoms with Crippen LogP contribution < -0.4 is 4.74 Å². The van der Waals surface area contributed by atoms with E-state index in [0.717, 1.165) is 42.3 Å². The van der Waals surface area contributed by atoms with Crippen molar-refractivity contribution >= 4 is 5.97 Å². The summed E-state index contributed by atoms with van der Waals surface area (Å²) >= 11 is 0. The highest BCUT2D eigenvalue weighted by Gasteiger charge is 2.42. The van der Waals surface area contributed by atoms with Crippen molar-refractivity contribution in [2.24, 2.45) is 23.7 Å². The van der Waals surface area contributed by atoms with Gasteiger partial charge in [0.15, 0.2) is 6.61 Å². The highest BCUT2D eigenvalue weighted by molar-refractivity contribution is 5.68. The first-order valence-corrected chi connectivity index (χ1v) is 8.05. The molecule has 1 saturated carbocycles. The second-order valence-electron chi connectivity index (χ2n) is 6.69. The van der Waals surface area contributed by atoms with Crippen molar-refractivity contribution < 1.29 is 14.6 Å². The number of rotatable bonds is 4. The monoisotopic (exact) mass is 288 g/mol. The van der Waals surface area contributed by atoms with Gasteiger partial charge in [0.25, 0.3) is 0 Å². The maximum Gasteiger partial charge on any atom is 0.341 e. The summed E-state index contributed by atoms with van der Waals surface area (Å²) in [5, 5.41) is 8.81. The van der Waals surface area contributed by atoms with Gasteiger partial charge >= 0.3 is 5.97 Å². The average Bonchev–Trinajstić information content (AvgIpc) is 2.76. The number of carboxylic acids is 1. The highest BCUT2D eigenvalue weighted by atomic mass is 16.5. The van der Waals surface area contributed by atoms with Crippen LogP contribution in [-0.2, 0) is 17.6 Å². The normalized spacial score (nSPS) is 30.6. The Morgan fingerprint density at radius 2 is 2.19 bits per heavy atom. The van der Waals surface area contributed by atoms with Gasteiger partial charge in [0, 0.05) is 0 Å². The Hall–Kier alpha value is -1.51. The van der Waals surface area contributed by atoms with Gasteiger partial charge < -0.3 is 9.84 Å². The van der Waals surface area contributed by atoms with Crippen LogP contribution in [0.15, 0.2) is 18.2 Å². The van der Waals surface area contributed by atoms with Crippen molar-refractivity contribution in [2.45, 2.75) is 39.5 Å². The second-order valence-corrected chi connectivity index (χ2v) is 6.69. The zero-order chi connectivity index (χ0) is 15.0. The van der Waals surface area contributed by atoms with Crippen molar-refractivity contribution in [1.29, 1.82) is 0 Å². The first kappa shape index (κ1) is 14.4. The molecule has 0 radical (unpaired) electrons. The SMILES string of the molecule is CCC1C(C)CC2Cc3c(cccc3OCC(=O)O)CC21. The van der Waals surface area contributed by atoms with Gasteiger partial charge in [-0.3, -0.25) is 0 Å². The third kappa shape index (κ3) is 2.66. The molecule has 114 valence electrons. The summed E-state index contributed by atoms with van der Waals surface area (Å²) < 4.78 is 5.49. The lowest BCUT2D eigenvalue weighted by Crippen LogP contribution is -2.26. The van der Waals surface area contributed by atoms with Crippen molar-refractivity contribution in [2.75, 3.05) is 6.61 Å². The molecular weight excluding hydrogens is 264 g/mol. The molecule has 2 aliphatic carbocycles. The Balaban J connectivity index is 1.85. The molecule has 2 aliphatic rings. The molecule has 0 saturated heterocycles. The maximum atomic E-state index is 10.7. The lowest BCUT2D eigenvalue weighted by atomic mass is 9.74. The molecular formula is C18H24O3. The summed E-state index contributed by atoms with van der Waals surface area (Å²) in [5.74, 6) is 3.05. The molecule has 4 atom stereocenters. The smallest absolute Gasteiger partial charge is 0.341 e. The van der Waals surface area contributed by atoms with E-state index in [-0.39, 0.29) is 6.61 Å². The van der Waals surface area contributed by atoms with Gasteiger partial charge in [-0.2, -0.15) is 0 Å². The number of hydrogen-bond acceptors (Lipinski definition) is 2. The predicted molar refractivity (Wildman–Crippen MR) is 81.5 cm³/mol. The molecule has 1 aromatic rings. The fourth-order valence-corrected chi connectivity index (χ4v) is 4.68. The highest BCUT2D eigenvalue weighted by Crippen LogP contribution is 2.50. The number of fused-ring (bicyclic) bond motifs is 2. The molecule has 0 bridgehead atoms. The van der Waals surface area contributed by atoms with Crippen LogP contribution in [0.2, 0.25) is 0 Å². The molecule has 0 aromatic heterocycles. The molecule has 3 heteroatoms. The standard InChI is InChI=1S/C18H24O3/c1-3-14-11(2)7-13-9-16-12(8-15(13)14)5-4-6-17(16)21-10-18(19)20/h4-6,11,13-15H,3,7-10H2,1-2H3,(H,19,20). The lowest BCUT2D eigenvalue weighted by molar-refractivity contribution is -0.139. The van der Waals surface area contributed by atoms with E-state index in [1.165, 1.54) is 24.0 Å². The molecule has 1 fully saturated rings. The van der Waals surface area contributed by atoms with Crippen LogP contribution in [0.25, 0.3) is 0 Å². The third-order valence-corrected chi connectivity index (χ3v) is 5.54. The Labute approximate surface area is 126 Å². The van der Waals surface area contributed by atoms with E-state index in [4.69, 9.17) is 9.84 Å². The molecule has 4 unspecified atom stereocenters. The molecule has 1 N–H and O–H groups in total. The van der Waals surface area contributed by atoms with Gasteiger partial charge in [-0.05, 0) is 60.1 Å². The molecule has 0 aliphatic heterocycles. The van der Waals surface area contributed by atoms with E-state index in [2.05, 4.69) is 19.9 Å². The van der Waals surface area contributed by atoms with Crippen LogP contribution in [0.1, 0.15) is 37.8 Å². The van der Waals surface area contributed by atoms with Crippen LogP contribution >= 0.6 is 0 Å². The van der Waals surface area contributed by atoms with Gasteiger partial charge in [0.1, 0.15) is 5.75 Å². The quantitative estimate of drug-likeness (QED) is 0.921. The van der Waals surface area contributed by atoms with Gasteiger partial charge in [0.05, 0.1) is 0 Å². The number of ether oxygens (including phenoxy) is 1. The molecule has 21 heavy (non-hydrogen) atoms. The summed E-state index contributed by atoms with van der Waals surface area (Å²) in [6.07, 6.45) is 4.76. The Kier molecular flexibility index (Phi) is 3.92. The minimum atomic E-state index is -0.915. The largest absolute Gasteiger partial charge is 0.482 e. The summed E-state index contributed by atoms with van der Waals surface area (Å²) in [6, 6.07) is 6.10. The van der Waals surface area contributed by atoms with E-state index in [1.54, 1.807) is 0 Å². The van der Waals surface area contributed by atoms with E-state index < -0.39 is 5.97 Å². The van der Waals surface area contributed by atoms with Crippen LogP contribution in [0.4, 0.5) is 0 Å². The number of carboxylic acid groups (broad SMARTS) is 1. The molecule has 1 aromatic carbocycles. The molecule has 0 amide bonds. The fourth-order valence-electron chi connectivity index (χ4n) is 4.68. The minimum Gasteiger partial charge on any atom is -0.482 e. The maximum absolute atomic E-state index is 10.7. The van der Waals surface area contributed by atoms with E-state index in [9.17, 15) is 4.79 Å². The minimum absolute atomic E-state index is 0.251. The summed E-state index contributed by atoms with van der Waals surface area (Å²) in [7, 11) is 0. The molecule has 3 nitrogen and oxygen atoms in total. The van der Waals surface area contributed by atoms with E-state index in [1.807, 2.05) is 12.1 Å². The lowest BCUT2D eigenvalue weighted by Gasteiger charge is -2.32. The summed E-state index contributed by atoms with van der Waals surface area (Å²) in [4.78, 5) is 10.7. The fraction of sp³-hybridized carbons (Fsp3) is 0.611. The zero-order valence-corrected chi connectivity index (χ0v) is 12.8. The van der Waals surface area contributed by atoms with Crippen LogP contribution in [0.5, 0.6) is 5.75 Å². The molecule has 0 heterocycles. The second kappa shape index (κ2) is 5.70. The topological polar surface area (TPSA) is 46.5 Å². The van der Waals surface area contributed by atoms with Crippen molar-refractivity contribution in [1.82, 2.24) is 0 Å². The van der Waals surface area contributed by atoms with Crippen LogP contribution in [0.3, 0.4) is 0 Å². The predicted octanol–water partition coefficient (Wildman–Crippen LogP) is 3.55. The zero-order valence-electron chi connectivity index (χ0n) is 12.8. The number of aliphatic carboxylic acids is 1. The van der Waals surface area contributed by atoms with E-state index >= 15 is 0 Å². The molecule has 0 spiro atoms. The Morgan fingerprint density at radius 1 is 1.38 bits per heavy atom. The first-order chi connectivity index (χ1) is 10.1. The molecule has 3 rings (SSSR count). The number of benzene rings is 1.